The average molecular weight is 212 g/mol. The third-order valence-corrected chi connectivity index (χ3v) is 3.81. The van der Waals surface area contributed by atoms with Gasteiger partial charge in [0.1, 0.15) is 0 Å². The standard InChI is InChI=1S/C12H20O3/c1-2-4-9-7-10(12(13)14)11(15-9)8-5-3-6-8/h8-11H,2-7H2,1H3,(H,13,14). The van der Waals surface area contributed by atoms with Crippen LogP contribution >= 0.6 is 0 Å². The first-order valence-electron chi connectivity index (χ1n) is 6.10. The molecule has 3 unspecified atom stereocenters. The van der Waals surface area contributed by atoms with Gasteiger partial charge in [0.2, 0.25) is 0 Å². The number of carbonyl (C=O) groups is 1. The summed E-state index contributed by atoms with van der Waals surface area (Å²) in [6.45, 7) is 2.12. The van der Waals surface area contributed by atoms with Crippen LogP contribution in [-0.2, 0) is 9.53 Å². The number of rotatable bonds is 4. The summed E-state index contributed by atoms with van der Waals surface area (Å²) in [5, 5.41) is 9.16. The van der Waals surface area contributed by atoms with Gasteiger partial charge >= 0.3 is 5.97 Å². The summed E-state index contributed by atoms with van der Waals surface area (Å²) in [4.78, 5) is 11.1. The number of hydrogen-bond acceptors (Lipinski definition) is 2. The molecule has 2 aliphatic rings. The molecule has 1 saturated heterocycles. The highest BCUT2D eigenvalue weighted by molar-refractivity contribution is 5.71. The van der Waals surface area contributed by atoms with Gasteiger partial charge in [0, 0.05) is 0 Å². The first-order chi connectivity index (χ1) is 7.22. The zero-order valence-corrected chi connectivity index (χ0v) is 9.32. The molecule has 1 aliphatic carbocycles. The van der Waals surface area contributed by atoms with Crippen molar-refractivity contribution in [2.75, 3.05) is 0 Å². The van der Waals surface area contributed by atoms with Gasteiger partial charge in [0.25, 0.3) is 0 Å². The summed E-state index contributed by atoms with van der Waals surface area (Å²) in [5.74, 6) is -0.384. The molecule has 1 saturated carbocycles. The maximum Gasteiger partial charge on any atom is 0.309 e. The van der Waals surface area contributed by atoms with E-state index in [1.165, 1.54) is 6.42 Å². The Balaban J connectivity index is 1.97. The molecule has 0 aromatic carbocycles. The van der Waals surface area contributed by atoms with Crippen LogP contribution < -0.4 is 0 Å². The van der Waals surface area contributed by atoms with Crippen molar-refractivity contribution in [1.82, 2.24) is 0 Å². The minimum Gasteiger partial charge on any atom is -0.481 e. The minimum atomic E-state index is -0.662. The molecule has 3 nitrogen and oxygen atoms in total. The van der Waals surface area contributed by atoms with Crippen molar-refractivity contribution in [1.29, 1.82) is 0 Å². The molecule has 0 spiro atoms. The molecule has 0 radical (unpaired) electrons. The molecule has 0 bridgehead atoms. The summed E-state index contributed by atoms with van der Waals surface area (Å²) in [6.07, 6.45) is 6.58. The van der Waals surface area contributed by atoms with Crippen LogP contribution in [0.3, 0.4) is 0 Å². The molecule has 86 valence electrons. The zero-order chi connectivity index (χ0) is 10.8. The smallest absolute Gasteiger partial charge is 0.309 e. The fourth-order valence-electron chi connectivity index (χ4n) is 2.75. The minimum absolute atomic E-state index is 0.00722. The van der Waals surface area contributed by atoms with Gasteiger partial charge in [-0.25, -0.2) is 0 Å². The SMILES string of the molecule is CCCC1CC(C(=O)O)C(C2CCC2)O1. The van der Waals surface area contributed by atoms with E-state index in [2.05, 4.69) is 6.92 Å². The first-order valence-corrected chi connectivity index (χ1v) is 6.10. The summed E-state index contributed by atoms with van der Waals surface area (Å²) in [6, 6.07) is 0. The lowest BCUT2D eigenvalue weighted by Gasteiger charge is -2.33. The van der Waals surface area contributed by atoms with Crippen LogP contribution in [0.2, 0.25) is 0 Å². The van der Waals surface area contributed by atoms with Gasteiger partial charge < -0.3 is 9.84 Å². The fraction of sp³-hybridized carbons (Fsp3) is 0.917. The quantitative estimate of drug-likeness (QED) is 0.778. The molecule has 2 fully saturated rings. The second-order valence-electron chi connectivity index (χ2n) is 4.88. The van der Waals surface area contributed by atoms with Crippen molar-refractivity contribution in [3.8, 4) is 0 Å². The number of aliphatic carboxylic acids is 1. The molecule has 1 N–H and O–H groups in total. The lowest BCUT2D eigenvalue weighted by molar-refractivity contribution is -0.145. The molecular formula is C12H20O3. The van der Waals surface area contributed by atoms with Gasteiger partial charge in [-0.3, -0.25) is 4.79 Å². The van der Waals surface area contributed by atoms with E-state index in [0.29, 0.717) is 5.92 Å². The largest absolute Gasteiger partial charge is 0.481 e. The molecule has 1 heterocycles. The fourth-order valence-corrected chi connectivity index (χ4v) is 2.75. The number of carboxylic acids is 1. The van der Waals surface area contributed by atoms with Crippen molar-refractivity contribution in [2.24, 2.45) is 11.8 Å². The number of hydrogen-bond donors (Lipinski definition) is 1. The van der Waals surface area contributed by atoms with E-state index in [1.54, 1.807) is 0 Å². The molecule has 0 aromatic rings. The Kier molecular flexibility index (Phi) is 3.29. The maximum atomic E-state index is 11.1. The van der Waals surface area contributed by atoms with Crippen LogP contribution in [0.15, 0.2) is 0 Å². The summed E-state index contributed by atoms with van der Waals surface area (Å²) >= 11 is 0. The number of ether oxygens (including phenoxy) is 1. The average Bonchev–Trinajstić information content (AvgIpc) is 2.46. The second-order valence-corrected chi connectivity index (χ2v) is 4.88. The molecule has 15 heavy (non-hydrogen) atoms. The van der Waals surface area contributed by atoms with Crippen LogP contribution in [0.5, 0.6) is 0 Å². The molecule has 3 heteroatoms. The highest BCUT2D eigenvalue weighted by Crippen LogP contribution is 2.41. The molecule has 0 aromatic heterocycles. The van der Waals surface area contributed by atoms with Gasteiger partial charge in [-0.2, -0.15) is 0 Å². The number of carboxylic acid groups (broad SMARTS) is 1. The Morgan fingerprint density at radius 3 is 2.67 bits per heavy atom. The van der Waals surface area contributed by atoms with E-state index < -0.39 is 5.97 Å². The summed E-state index contributed by atoms with van der Waals surface area (Å²) in [5.41, 5.74) is 0. The normalized spacial score (nSPS) is 36.5. The molecule has 3 atom stereocenters. The van der Waals surface area contributed by atoms with Crippen molar-refractivity contribution in [3.05, 3.63) is 0 Å². The van der Waals surface area contributed by atoms with Crippen molar-refractivity contribution < 1.29 is 14.6 Å². The van der Waals surface area contributed by atoms with Crippen molar-refractivity contribution in [3.63, 3.8) is 0 Å². The van der Waals surface area contributed by atoms with Gasteiger partial charge in [-0.1, -0.05) is 19.8 Å². The van der Waals surface area contributed by atoms with E-state index in [1.807, 2.05) is 0 Å². The van der Waals surface area contributed by atoms with Gasteiger partial charge in [0.15, 0.2) is 0 Å². The Hall–Kier alpha value is -0.570. The van der Waals surface area contributed by atoms with Gasteiger partial charge in [-0.05, 0) is 31.6 Å². The zero-order valence-electron chi connectivity index (χ0n) is 9.32. The van der Waals surface area contributed by atoms with Crippen LogP contribution in [0.1, 0.15) is 45.4 Å². The third kappa shape index (κ3) is 2.17. The highest BCUT2D eigenvalue weighted by Gasteiger charge is 2.44. The van der Waals surface area contributed by atoms with E-state index in [0.717, 1.165) is 32.1 Å². The lowest BCUT2D eigenvalue weighted by atomic mass is 9.76. The van der Waals surface area contributed by atoms with Crippen LogP contribution in [0.4, 0.5) is 0 Å². The van der Waals surface area contributed by atoms with Gasteiger partial charge in [-0.15, -0.1) is 0 Å². The Morgan fingerprint density at radius 2 is 2.20 bits per heavy atom. The monoisotopic (exact) mass is 212 g/mol. The van der Waals surface area contributed by atoms with E-state index in [9.17, 15) is 4.79 Å². The topological polar surface area (TPSA) is 46.5 Å². The highest BCUT2D eigenvalue weighted by atomic mass is 16.5. The lowest BCUT2D eigenvalue weighted by Crippen LogP contribution is -2.35. The van der Waals surface area contributed by atoms with Crippen LogP contribution in [0, 0.1) is 11.8 Å². The predicted molar refractivity (Wildman–Crippen MR) is 56.7 cm³/mol. The molecular weight excluding hydrogens is 192 g/mol. The maximum absolute atomic E-state index is 11.1. The summed E-state index contributed by atoms with van der Waals surface area (Å²) in [7, 11) is 0. The molecule has 1 aliphatic heterocycles. The Labute approximate surface area is 90.8 Å². The van der Waals surface area contributed by atoms with Gasteiger partial charge in [0.05, 0.1) is 18.1 Å². The van der Waals surface area contributed by atoms with Crippen molar-refractivity contribution >= 4 is 5.97 Å². The summed E-state index contributed by atoms with van der Waals surface area (Å²) < 4.78 is 5.90. The van der Waals surface area contributed by atoms with Crippen LogP contribution in [0.25, 0.3) is 0 Å². The van der Waals surface area contributed by atoms with E-state index in [4.69, 9.17) is 9.84 Å². The van der Waals surface area contributed by atoms with E-state index in [-0.39, 0.29) is 18.1 Å². The Bertz CT molecular complexity index is 235. The third-order valence-electron chi connectivity index (χ3n) is 3.81. The molecule has 2 rings (SSSR count). The first kappa shape index (κ1) is 10.9. The van der Waals surface area contributed by atoms with Crippen molar-refractivity contribution in [2.45, 2.75) is 57.7 Å². The second kappa shape index (κ2) is 4.52. The van der Waals surface area contributed by atoms with Crippen LogP contribution in [-0.4, -0.2) is 23.3 Å². The molecule has 0 amide bonds. The van der Waals surface area contributed by atoms with E-state index >= 15 is 0 Å². The predicted octanol–water partition coefficient (Wildman–Crippen LogP) is 2.44. The Morgan fingerprint density at radius 1 is 1.47 bits per heavy atom.